The summed E-state index contributed by atoms with van der Waals surface area (Å²) in [6.45, 7) is 5.24. The predicted molar refractivity (Wildman–Crippen MR) is 145 cm³/mol. The summed E-state index contributed by atoms with van der Waals surface area (Å²) < 4.78 is 1.81. The van der Waals surface area contributed by atoms with Crippen molar-refractivity contribution in [2.24, 2.45) is 0 Å². The third-order valence-electron chi connectivity index (χ3n) is 6.78. The summed E-state index contributed by atoms with van der Waals surface area (Å²) in [5.41, 5.74) is 2.72. The first-order valence-corrected chi connectivity index (χ1v) is 12.5. The normalized spacial score (nSPS) is 14.3. The number of piperazine rings is 1. The van der Waals surface area contributed by atoms with Crippen LogP contribution in [0.15, 0.2) is 83.7 Å². The van der Waals surface area contributed by atoms with Crippen LogP contribution in [0.1, 0.15) is 6.42 Å². The van der Waals surface area contributed by atoms with Gasteiger partial charge in [0.1, 0.15) is 0 Å². The third-order valence-corrected chi connectivity index (χ3v) is 7.02. The number of anilines is 1. The summed E-state index contributed by atoms with van der Waals surface area (Å²) in [5.74, 6) is 0. The molecular formula is C28H27ClN4O3. The maximum absolute atomic E-state index is 13.1. The molecule has 1 aromatic heterocycles. The molecule has 3 aromatic carbocycles. The minimum Gasteiger partial charge on any atom is -0.369 e. The maximum atomic E-state index is 13.1. The van der Waals surface area contributed by atoms with Gasteiger partial charge in [-0.05, 0) is 54.2 Å². The van der Waals surface area contributed by atoms with Gasteiger partial charge in [0, 0.05) is 67.0 Å². The van der Waals surface area contributed by atoms with E-state index < -0.39 is 4.92 Å². The molecule has 1 aliphatic heterocycles. The Kier molecular flexibility index (Phi) is 7.02. The van der Waals surface area contributed by atoms with Gasteiger partial charge in [-0.2, -0.15) is 0 Å². The van der Waals surface area contributed by atoms with Crippen LogP contribution in [0.3, 0.4) is 0 Å². The summed E-state index contributed by atoms with van der Waals surface area (Å²) in [5, 5.41) is 13.7. The smallest absolute Gasteiger partial charge is 0.269 e. The van der Waals surface area contributed by atoms with Crippen LogP contribution in [-0.2, 0) is 6.54 Å². The largest absolute Gasteiger partial charge is 0.369 e. The van der Waals surface area contributed by atoms with E-state index in [0.29, 0.717) is 6.54 Å². The highest BCUT2D eigenvalue weighted by Crippen LogP contribution is 2.29. The summed E-state index contributed by atoms with van der Waals surface area (Å²) in [7, 11) is 0. The molecule has 2 heterocycles. The second kappa shape index (κ2) is 10.5. The Morgan fingerprint density at radius 2 is 1.61 bits per heavy atom. The van der Waals surface area contributed by atoms with Gasteiger partial charge in [-0.1, -0.05) is 41.9 Å². The highest BCUT2D eigenvalue weighted by Gasteiger charge is 2.18. The van der Waals surface area contributed by atoms with Crippen LogP contribution in [0.25, 0.3) is 22.0 Å². The fraction of sp³-hybridized carbons (Fsp3) is 0.250. The number of halogens is 1. The molecule has 0 bridgehead atoms. The number of nitro benzene ring substituents is 1. The Labute approximate surface area is 214 Å². The molecule has 1 saturated heterocycles. The molecule has 36 heavy (non-hydrogen) atoms. The van der Waals surface area contributed by atoms with E-state index in [9.17, 15) is 14.9 Å². The van der Waals surface area contributed by atoms with Crippen LogP contribution in [0.5, 0.6) is 0 Å². The van der Waals surface area contributed by atoms with Gasteiger partial charge in [-0.15, -0.1) is 0 Å². The molecule has 0 saturated carbocycles. The monoisotopic (exact) mass is 502 g/mol. The van der Waals surface area contributed by atoms with Crippen molar-refractivity contribution in [2.75, 3.05) is 37.6 Å². The zero-order valence-corrected chi connectivity index (χ0v) is 20.6. The van der Waals surface area contributed by atoms with E-state index in [4.69, 9.17) is 11.6 Å². The molecule has 5 rings (SSSR count). The molecule has 1 fully saturated rings. The summed E-state index contributed by atoms with van der Waals surface area (Å²) in [4.78, 5) is 28.6. The van der Waals surface area contributed by atoms with Crippen molar-refractivity contribution in [1.82, 2.24) is 9.47 Å². The Morgan fingerprint density at radius 3 is 2.33 bits per heavy atom. The fourth-order valence-corrected chi connectivity index (χ4v) is 5.12. The lowest BCUT2D eigenvalue weighted by Gasteiger charge is -2.36. The first-order valence-electron chi connectivity index (χ1n) is 12.1. The molecule has 0 N–H and O–H groups in total. The minimum absolute atomic E-state index is 0.0322. The Hall–Kier alpha value is -3.68. The number of nitrogens with zero attached hydrogens (tertiary/aromatic N) is 4. The summed E-state index contributed by atoms with van der Waals surface area (Å²) in [6, 6.07) is 23.9. The average Bonchev–Trinajstić information content (AvgIpc) is 2.89. The third kappa shape index (κ3) is 5.12. The van der Waals surface area contributed by atoms with Crippen molar-refractivity contribution in [3.63, 3.8) is 0 Å². The molecule has 1 aliphatic rings. The van der Waals surface area contributed by atoms with E-state index >= 15 is 0 Å². The van der Waals surface area contributed by atoms with Gasteiger partial charge in [-0.25, -0.2) is 0 Å². The Balaban J connectivity index is 1.32. The van der Waals surface area contributed by atoms with E-state index in [1.54, 1.807) is 18.2 Å². The van der Waals surface area contributed by atoms with Gasteiger partial charge >= 0.3 is 0 Å². The van der Waals surface area contributed by atoms with Crippen LogP contribution < -0.4 is 10.5 Å². The van der Waals surface area contributed by atoms with E-state index in [1.807, 2.05) is 47.0 Å². The zero-order valence-electron chi connectivity index (χ0n) is 19.8. The molecule has 0 unspecified atom stereocenters. The van der Waals surface area contributed by atoms with E-state index in [0.717, 1.165) is 71.9 Å². The molecule has 8 heteroatoms. The van der Waals surface area contributed by atoms with Crippen molar-refractivity contribution >= 4 is 33.7 Å². The molecule has 0 atom stereocenters. The number of fused-ring (bicyclic) bond motifs is 1. The van der Waals surface area contributed by atoms with Gasteiger partial charge in [0.2, 0.25) is 0 Å². The minimum atomic E-state index is -0.411. The highest BCUT2D eigenvalue weighted by atomic mass is 35.5. The molecule has 0 aliphatic carbocycles. The second-order valence-electron chi connectivity index (χ2n) is 9.04. The number of nitro groups is 1. The van der Waals surface area contributed by atoms with Crippen LogP contribution in [0, 0.1) is 10.1 Å². The molecule has 7 nitrogen and oxygen atoms in total. The Bertz CT molecular complexity index is 1440. The van der Waals surface area contributed by atoms with E-state index in [2.05, 4.69) is 15.9 Å². The summed E-state index contributed by atoms with van der Waals surface area (Å²) in [6.07, 6.45) is 0.829. The van der Waals surface area contributed by atoms with Gasteiger partial charge in [0.05, 0.1) is 10.6 Å². The van der Waals surface area contributed by atoms with Crippen LogP contribution in [0.4, 0.5) is 11.4 Å². The quantitative estimate of drug-likeness (QED) is 0.248. The Morgan fingerprint density at radius 1 is 0.861 bits per heavy atom. The number of pyridine rings is 1. The van der Waals surface area contributed by atoms with Crippen molar-refractivity contribution in [3.05, 3.63) is 104 Å². The number of hydrogen-bond acceptors (Lipinski definition) is 5. The van der Waals surface area contributed by atoms with E-state index in [1.165, 1.54) is 12.1 Å². The van der Waals surface area contributed by atoms with Gasteiger partial charge in [-0.3, -0.25) is 19.8 Å². The lowest BCUT2D eigenvalue weighted by molar-refractivity contribution is -0.384. The maximum Gasteiger partial charge on any atom is 0.269 e. The molecule has 0 spiro atoms. The highest BCUT2D eigenvalue weighted by molar-refractivity contribution is 6.30. The van der Waals surface area contributed by atoms with Crippen LogP contribution in [-0.4, -0.2) is 47.1 Å². The number of aromatic nitrogens is 1. The van der Waals surface area contributed by atoms with Crippen molar-refractivity contribution in [1.29, 1.82) is 0 Å². The SMILES string of the molecule is O=c1cc2ccccc2c(-c2ccc([N+](=O)[O-])cc2)n1CCCN1CCN(c2cccc(Cl)c2)CC1. The number of benzene rings is 3. The standard InChI is InChI=1S/C28H27ClN4O3/c29-23-6-3-7-25(20-23)31-17-15-30(16-18-31)13-4-14-32-27(34)19-22-5-1-2-8-26(22)28(32)21-9-11-24(12-10-21)33(35)36/h1-3,5-12,19-20H,4,13-18H2. The van der Waals surface area contributed by atoms with E-state index in [-0.39, 0.29) is 11.2 Å². The average molecular weight is 503 g/mol. The molecule has 0 radical (unpaired) electrons. The first kappa shape index (κ1) is 24.0. The number of hydrogen-bond donors (Lipinski definition) is 0. The lowest BCUT2D eigenvalue weighted by Crippen LogP contribution is -2.46. The van der Waals surface area contributed by atoms with Gasteiger partial charge in [0.15, 0.2) is 0 Å². The second-order valence-corrected chi connectivity index (χ2v) is 9.47. The molecule has 4 aromatic rings. The van der Waals surface area contributed by atoms with Crippen LogP contribution in [0.2, 0.25) is 5.02 Å². The van der Waals surface area contributed by atoms with Crippen molar-refractivity contribution in [2.45, 2.75) is 13.0 Å². The molecule has 184 valence electrons. The topological polar surface area (TPSA) is 71.6 Å². The number of rotatable bonds is 7. The van der Waals surface area contributed by atoms with Gasteiger partial charge in [0.25, 0.3) is 11.2 Å². The fourth-order valence-electron chi connectivity index (χ4n) is 4.93. The van der Waals surface area contributed by atoms with Gasteiger partial charge < -0.3 is 9.47 Å². The van der Waals surface area contributed by atoms with Crippen LogP contribution >= 0.6 is 11.6 Å². The molecular weight excluding hydrogens is 476 g/mol. The molecule has 0 amide bonds. The van der Waals surface area contributed by atoms with Crippen molar-refractivity contribution < 1.29 is 4.92 Å². The number of non-ortho nitro benzene ring substituents is 1. The predicted octanol–water partition coefficient (Wildman–Crippen LogP) is 5.44. The lowest BCUT2D eigenvalue weighted by atomic mass is 10.0. The first-order chi connectivity index (χ1) is 17.5. The van der Waals surface area contributed by atoms with Crippen molar-refractivity contribution in [3.8, 4) is 11.3 Å². The zero-order chi connectivity index (χ0) is 25.1. The summed E-state index contributed by atoms with van der Waals surface area (Å²) >= 11 is 6.15.